The monoisotopic (exact) mass is 231 g/mol. The summed E-state index contributed by atoms with van der Waals surface area (Å²) in [6.07, 6.45) is 4.88. The van der Waals surface area contributed by atoms with Gasteiger partial charge in [-0.3, -0.25) is 5.32 Å². The van der Waals surface area contributed by atoms with Gasteiger partial charge < -0.3 is 4.74 Å². The van der Waals surface area contributed by atoms with E-state index in [1.807, 2.05) is 33.8 Å². The number of ether oxygens (including phenoxy) is 1. The van der Waals surface area contributed by atoms with Crippen molar-refractivity contribution in [1.29, 1.82) is 0 Å². The van der Waals surface area contributed by atoms with Crippen LogP contribution in [-0.2, 0) is 4.74 Å². The van der Waals surface area contributed by atoms with Gasteiger partial charge in [0.1, 0.15) is 5.60 Å². The molecular formula is C14H17NO2. The highest BCUT2D eigenvalue weighted by Gasteiger charge is 2.16. The predicted octanol–water partition coefficient (Wildman–Crippen LogP) is 3.32. The van der Waals surface area contributed by atoms with E-state index in [1.54, 1.807) is 12.1 Å². The van der Waals surface area contributed by atoms with Crippen molar-refractivity contribution in [3.8, 4) is 12.3 Å². The van der Waals surface area contributed by atoms with Crippen molar-refractivity contribution in [2.24, 2.45) is 0 Å². The molecule has 0 radical (unpaired) electrons. The zero-order valence-electron chi connectivity index (χ0n) is 10.6. The molecule has 0 aliphatic rings. The third kappa shape index (κ3) is 4.20. The van der Waals surface area contributed by atoms with Crippen LogP contribution in [0.1, 0.15) is 31.9 Å². The highest BCUT2D eigenvalue weighted by Crippen LogP contribution is 2.16. The summed E-state index contributed by atoms with van der Waals surface area (Å²) in [6, 6.07) is 5.40. The van der Waals surface area contributed by atoms with Gasteiger partial charge in [-0.25, -0.2) is 4.79 Å². The number of carbonyl (C=O) groups is 1. The summed E-state index contributed by atoms with van der Waals surface area (Å²) < 4.78 is 5.14. The molecule has 0 heterocycles. The molecule has 0 bridgehead atoms. The number of anilines is 1. The normalized spacial score (nSPS) is 10.5. The maximum absolute atomic E-state index is 11.5. The lowest BCUT2D eigenvalue weighted by molar-refractivity contribution is 0.0636. The van der Waals surface area contributed by atoms with E-state index in [0.717, 1.165) is 11.1 Å². The Morgan fingerprint density at radius 3 is 2.59 bits per heavy atom. The molecule has 0 unspecified atom stereocenters. The SMILES string of the molecule is C#Cc1cc(NC(=O)OC(C)(C)C)ccc1C. The molecule has 0 saturated heterocycles. The first-order valence-corrected chi connectivity index (χ1v) is 5.39. The molecule has 3 nitrogen and oxygen atoms in total. The van der Waals surface area contributed by atoms with Gasteiger partial charge in [-0.05, 0) is 45.4 Å². The Bertz CT molecular complexity index is 464. The fourth-order valence-electron chi connectivity index (χ4n) is 1.28. The summed E-state index contributed by atoms with van der Waals surface area (Å²) in [6.45, 7) is 7.37. The summed E-state index contributed by atoms with van der Waals surface area (Å²) in [5.41, 5.74) is 1.89. The van der Waals surface area contributed by atoms with E-state index in [-0.39, 0.29) is 0 Å². The third-order valence-electron chi connectivity index (χ3n) is 2.04. The van der Waals surface area contributed by atoms with Gasteiger partial charge in [-0.15, -0.1) is 6.42 Å². The number of terminal acetylenes is 1. The summed E-state index contributed by atoms with van der Waals surface area (Å²) in [5.74, 6) is 2.57. The van der Waals surface area contributed by atoms with Crippen LogP contribution >= 0.6 is 0 Å². The number of hydrogen-bond acceptors (Lipinski definition) is 2. The fraction of sp³-hybridized carbons (Fsp3) is 0.357. The largest absolute Gasteiger partial charge is 0.444 e. The second-order valence-corrected chi connectivity index (χ2v) is 4.80. The van der Waals surface area contributed by atoms with Gasteiger partial charge in [0, 0.05) is 11.3 Å². The van der Waals surface area contributed by atoms with E-state index < -0.39 is 11.7 Å². The van der Waals surface area contributed by atoms with Crippen molar-refractivity contribution in [1.82, 2.24) is 0 Å². The lowest BCUT2D eigenvalue weighted by atomic mass is 10.1. The zero-order valence-corrected chi connectivity index (χ0v) is 10.6. The van der Waals surface area contributed by atoms with Crippen LogP contribution in [0.2, 0.25) is 0 Å². The van der Waals surface area contributed by atoms with Gasteiger partial charge in [0.2, 0.25) is 0 Å². The number of benzene rings is 1. The fourth-order valence-corrected chi connectivity index (χ4v) is 1.28. The van der Waals surface area contributed by atoms with Crippen LogP contribution < -0.4 is 5.32 Å². The third-order valence-corrected chi connectivity index (χ3v) is 2.04. The Morgan fingerprint density at radius 2 is 2.06 bits per heavy atom. The molecule has 0 atom stereocenters. The summed E-state index contributed by atoms with van der Waals surface area (Å²) >= 11 is 0. The molecule has 1 aromatic rings. The van der Waals surface area contributed by atoms with Crippen molar-refractivity contribution in [2.45, 2.75) is 33.3 Å². The first kappa shape index (κ1) is 13.1. The van der Waals surface area contributed by atoms with E-state index in [9.17, 15) is 4.79 Å². The van der Waals surface area contributed by atoms with Crippen LogP contribution in [0.4, 0.5) is 10.5 Å². The van der Waals surface area contributed by atoms with Crippen LogP contribution in [0.3, 0.4) is 0 Å². The van der Waals surface area contributed by atoms with Crippen molar-refractivity contribution in [2.75, 3.05) is 5.32 Å². The van der Waals surface area contributed by atoms with Gasteiger partial charge in [0.05, 0.1) is 0 Å². The molecule has 0 aliphatic heterocycles. The van der Waals surface area contributed by atoms with Gasteiger partial charge in [-0.2, -0.15) is 0 Å². The molecule has 1 amide bonds. The van der Waals surface area contributed by atoms with Crippen molar-refractivity contribution >= 4 is 11.8 Å². The number of hydrogen-bond donors (Lipinski definition) is 1. The smallest absolute Gasteiger partial charge is 0.412 e. The Morgan fingerprint density at radius 1 is 1.41 bits per heavy atom. The van der Waals surface area contributed by atoms with Gasteiger partial charge in [-0.1, -0.05) is 12.0 Å². The number of carbonyl (C=O) groups excluding carboxylic acids is 1. The molecule has 1 rings (SSSR count). The minimum atomic E-state index is -0.510. The number of amides is 1. The minimum absolute atomic E-state index is 0.482. The van der Waals surface area contributed by atoms with E-state index in [4.69, 9.17) is 11.2 Å². The number of aryl methyl sites for hydroxylation is 1. The highest BCUT2D eigenvalue weighted by molar-refractivity contribution is 5.85. The van der Waals surface area contributed by atoms with Crippen LogP contribution in [0, 0.1) is 19.3 Å². The van der Waals surface area contributed by atoms with E-state index >= 15 is 0 Å². The maximum atomic E-state index is 11.5. The summed E-state index contributed by atoms with van der Waals surface area (Å²) in [7, 11) is 0. The van der Waals surface area contributed by atoms with Crippen molar-refractivity contribution < 1.29 is 9.53 Å². The van der Waals surface area contributed by atoms with Crippen molar-refractivity contribution in [3.05, 3.63) is 29.3 Å². The standard InChI is InChI=1S/C14H17NO2/c1-6-11-9-12(8-7-10(11)2)15-13(16)17-14(3,4)5/h1,7-9H,2-5H3,(H,15,16). The first-order chi connectivity index (χ1) is 7.81. The van der Waals surface area contributed by atoms with Crippen LogP contribution in [-0.4, -0.2) is 11.7 Å². The van der Waals surface area contributed by atoms with E-state index in [2.05, 4.69) is 11.2 Å². The number of nitrogens with one attached hydrogen (secondary N) is 1. The number of rotatable bonds is 1. The van der Waals surface area contributed by atoms with Gasteiger partial charge in [0.15, 0.2) is 0 Å². The Hall–Kier alpha value is -1.95. The van der Waals surface area contributed by atoms with Crippen LogP contribution in [0.25, 0.3) is 0 Å². The molecular weight excluding hydrogens is 214 g/mol. The molecule has 1 aromatic carbocycles. The Kier molecular flexibility index (Phi) is 3.80. The molecule has 3 heteroatoms. The highest BCUT2D eigenvalue weighted by atomic mass is 16.6. The van der Waals surface area contributed by atoms with E-state index in [0.29, 0.717) is 5.69 Å². The zero-order chi connectivity index (χ0) is 13.1. The minimum Gasteiger partial charge on any atom is -0.444 e. The average Bonchev–Trinajstić information content (AvgIpc) is 2.18. The molecule has 0 spiro atoms. The summed E-state index contributed by atoms with van der Waals surface area (Å²) in [4.78, 5) is 11.5. The van der Waals surface area contributed by atoms with Crippen LogP contribution in [0.15, 0.2) is 18.2 Å². The lowest BCUT2D eigenvalue weighted by Crippen LogP contribution is -2.27. The summed E-state index contributed by atoms with van der Waals surface area (Å²) in [5, 5.41) is 2.64. The van der Waals surface area contributed by atoms with Crippen LogP contribution in [0.5, 0.6) is 0 Å². The average molecular weight is 231 g/mol. The van der Waals surface area contributed by atoms with Gasteiger partial charge in [0.25, 0.3) is 0 Å². The van der Waals surface area contributed by atoms with Gasteiger partial charge >= 0.3 is 6.09 Å². The Labute approximate surface area is 102 Å². The quantitative estimate of drug-likeness (QED) is 0.753. The Balaban J connectivity index is 2.77. The topological polar surface area (TPSA) is 38.3 Å². The molecule has 17 heavy (non-hydrogen) atoms. The second-order valence-electron chi connectivity index (χ2n) is 4.80. The molecule has 90 valence electrons. The predicted molar refractivity (Wildman–Crippen MR) is 69.0 cm³/mol. The maximum Gasteiger partial charge on any atom is 0.412 e. The van der Waals surface area contributed by atoms with E-state index in [1.165, 1.54) is 0 Å². The van der Waals surface area contributed by atoms with Crippen molar-refractivity contribution in [3.63, 3.8) is 0 Å². The molecule has 0 fully saturated rings. The molecule has 0 aromatic heterocycles. The first-order valence-electron chi connectivity index (χ1n) is 5.39. The lowest BCUT2D eigenvalue weighted by Gasteiger charge is -2.19. The second kappa shape index (κ2) is 4.92. The molecule has 0 saturated carbocycles. The molecule has 0 aliphatic carbocycles. The molecule has 1 N–H and O–H groups in total.